The molecule has 3 saturated heterocycles. The quantitative estimate of drug-likeness (QED) is 0.220. The van der Waals surface area contributed by atoms with E-state index in [0.29, 0.717) is 32.4 Å². The van der Waals surface area contributed by atoms with Crippen LogP contribution in [0.4, 0.5) is 0 Å². The molecule has 2 unspecified atom stereocenters. The molecule has 1 spiro atoms. The van der Waals surface area contributed by atoms with Gasteiger partial charge in [0.25, 0.3) is 0 Å². The second-order valence-electron chi connectivity index (χ2n) is 11.1. The van der Waals surface area contributed by atoms with Gasteiger partial charge in [0.05, 0.1) is 30.8 Å². The van der Waals surface area contributed by atoms with Gasteiger partial charge in [-0.1, -0.05) is 62.2 Å². The Balaban J connectivity index is 1.79. The molecule has 8 heteroatoms. The molecule has 0 aromatic heterocycles. The highest BCUT2D eigenvalue weighted by molar-refractivity contribution is 5.98. The van der Waals surface area contributed by atoms with Gasteiger partial charge in [-0.15, -0.1) is 13.2 Å². The first kappa shape index (κ1) is 29.0. The number of hydrogen-bond donors (Lipinski definition) is 1. The van der Waals surface area contributed by atoms with Crippen molar-refractivity contribution in [1.82, 2.24) is 9.80 Å². The lowest BCUT2D eigenvalue weighted by Gasteiger charge is -2.39. The normalized spacial score (nSPS) is 29.7. The number of amides is 2. The van der Waals surface area contributed by atoms with Crippen LogP contribution in [0.25, 0.3) is 0 Å². The van der Waals surface area contributed by atoms with Gasteiger partial charge in [-0.3, -0.25) is 14.4 Å². The number of carbonyl (C=O) groups is 3. The molecule has 4 rings (SSSR count). The second-order valence-corrected chi connectivity index (χ2v) is 11.1. The van der Waals surface area contributed by atoms with Crippen molar-refractivity contribution >= 4 is 17.8 Å². The fourth-order valence-corrected chi connectivity index (χ4v) is 6.87. The number of nitrogens with zero attached hydrogens (tertiary/aromatic N) is 2. The molecule has 3 aliphatic heterocycles. The zero-order chi connectivity index (χ0) is 28.2. The summed E-state index contributed by atoms with van der Waals surface area (Å²) in [5.41, 5.74) is -1.38. The maximum absolute atomic E-state index is 14.4. The molecule has 0 aliphatic carbocycles. The average molecular weight is 539 g/mol. The molecule has 2 amide bonds. The summed E-state index contributed by atoms with van der Waals surface area (Å²) >= 11 is 0. The summed E-state index contributed by atoms with van der Waals surface area (Å²) in [7, 11) is 0. The summed E-state index contributed by atoms with van der Waals surface area (Å²) in [4.78, 5) is 45.5. The Morgan fingerprint density at radius 3 is 2.62 bits per heavy atom. The summed E-state index contributed by atoms with van der Waals surface area (Å²) in [6.07, 6.45) is 7.66. The summed E-state index contributed by atoms with van der Waals surface area (Å²) in [6.45, 7) is 12.1. The zero-order valence-corrected chi connectivity index (χ0v) is 23.2. The Morgan fingerprint density at radius 1 is 1.23 bits per heavy atom. The van der Waals surface area contributed by atoms with Gasteiger partial charge in [-0.2, -0.15) is 0 Å². The highest BCUT2D eigenvalue weighted by Crippen LogP contribution is 2.64. The van der Waals surface area contributed by atoms with E-state index in [-0.39, 0.29) is 25.0 Å². The SMILES string of the molecule is C=CCCOC(=O)[C@@H]1[C@H]2C(=O)N([C@H](CO)c3ccccc3)C(C(=O)N(CC=C)CCCCC)C23CC[C@@]1(C)O3. The van der Waals surface area contributed by atoms with Crippen LogP contribution in [-0.4, -0.2) is 76.2 Å². The largest absolute Gasteiger partial charge is 0.465 e. The molecule has 6 atom stereocenters. The number of hydrogen-bond acceptors (Lipinski definition) is 6. The van der Waals surface area contributed by atoms with Crippen LogP contribution in [-0.2, 0) is 23.9 Å². The van der Waals surface area contributed by atoms with E-state index in [1.165, 1.54) is 4.90 Å². The Kier molecular flexibility index (Phi) is 8.96. The lowest BCUT2D eigenvalue weighted by Crippen LogP contribution is -2.57. The molecule has 0 saturated carbocycles. The van der Waals surface area contributed by atoms with Crippen LogP contribution in [0, 0.1) is 11.8 Å². The van der Waals surface area contributed by atoms with Gasteiger partial charge in [0.15, 0.2) is 0 Å². The molecule has 3 heterocycles. The number of unbranched alkanes of at least 4 members (excludes halogenated alkanes) is 2. The standard InChI is InChI=1S/C31H42N2O6/c1-5-8-13-19-32(18-7-3)28(36)26-31-17-16-30(4,39-31)25(29(37)38-20-9-6-2)24(31)27(35)33(26)23(21-34)22-14-11-10-12-15-22/h6-7,10-12,14-15,23-26,34H,2-3,5,8-9,13,16-21H2,1,4H3/t23-,24+,25+,26?,30-,31?/m1/s1. The Hall–Kier alpha value is -2.97. The van der Waals surface area contributed by atoms with Crippen molar-refractivity contribution in [3.63, 3.8) is 0 Å². The fourth-order valence-electron chi connectivity index (χ4n) is 6.87. The van der Waals surface area contributed by atoms with Gasteiger partial charge in [0.1, 0.15) is 17.6 Å². The minimum absolute atomic E-state index is 0.169. The first-order chi connectivity index (χ1) is 18.8. The van der Waals surface area contributed by atoms with E-state index in [9.17, 15) is 19.5 Å². The molecule has 212 valence electrons. The van der Waals surface area contributed by atoms with Gasteiger partial charge in [-0.25, -0.2) is 0 Å². The third kappa shape index (κ3) is 5.05. The fraction of sp³-hybridized carbons (Fsp3) is 0.581. The number of rotatable bonds is 14. The topological polar surface area (TPSA) is 96.4 Å². The number of aliphatic hydroxyl groups is 1. The molecule has 3 fully saturated rings. The Bertz CT molecular complexity index is 1080. The van der Waals surface area contributed by atoms with E-state index in [2.05, 4.69) is 20.1 Å². The monoisotopic (exact) mass is 538 g/mol. The van der Waals surface area contributed by atoms with E-state index in [0.717, 1.165) is 24.8 Å². The molecular weight excluding hydrogens is 496 g/mol. The maximum atomic E-state index is 14.4. The third-order valence-corrected chi connectivity index (χ3v) is 8.65. The molecule has 2 bridgehead atoms. The van der Waals surface area contributed by atoms with Crippen molar-refractivity contribution in [2.24, 2.45) is 11.8 Å². The van der Waals surface area contributed by atoms with E-state index in [1.807, 2.05) is 37.3 Å². The summed E-state index contributed by atoms with van der Waals surface area (Å²) < 4.78 is 12.3. The molecule has 1 N–H and O–H groups in total. The highest BCUT2D eigenvalue weighted by Gasteiger charge is 2.79. The van der Waals surface area contributed by atoms with Gasteiger partial charge >= 0.3 is 5.97 Å². The number of carbonyl (C=O) groups excluding carboxylic acids is 3. The molecule has 1 aromatic carbocycles. The maximum Gasteiger partial charge on any atom is 0.312 e. The number of aliphatic hydroxyl groups excluding tert-OH is 1. The molecule has 8 nitrogen and oxygen atoms in total. The summed E-state index contributed by atoms with van der Waals surface area (Å²) in [6, 6.07) is 7.47. The molecule has 3 aliphatic rings. The van der Waals surface area contributed by atoms with E-state index >= 15 is 0 Å². The number of fused-ring (bicyclic) bond motifs is 1. The lowest BCUT2D eigenvalue weighted by molar-refractivity contribution is -0.162. The Labute approximate surface area is 231 Å². The number of likely N-dealkylation sites (tertiary alicyclic amines) is 1. The average Bonchev–Trinajstić information content (AvgIpc) is 3.50. The van der Waals surface area contributed by atoms with Crippen molar-refractivity contribution in [3.8, 4) is 0 Å². The number of ether oxygens (including phenoxy) is 2. The van der Waals surface area contributed by atoms with Crippen LogP contribution in [0.15, 0.2) is 55.6 Å². The first-order valence-electron chi connectivity index (χ1n) is 14.1. The van der Waals surface area contributed by atoms with Crippen LogP contribution in [0.5, 0.6) is 0 Å². The van der Waals surface area contributed by atoms with Gasteiger partial charge < -0.3 is 24.4 Å². The van der Waals surface area contributed by atoms with E-state index < -0.39 is 41.1 Å². The minimum atomic E-state index is -1.18. The smallest absolute Gasteiger partial charge is 0.312 e. The van der Waals surface area contributed by atoms with Crippen LogP contribution >= 0.6 is 0 Å². The van der Waals surface area contributed by atoms with E-state index in [1.54, 1.807) is 17.1 Å². The van der Waals surface area contributed by atoms with Crippen LogP contribution in [0.1, 0.15) is 64.0 Å². The van der Waals surface area contributed by atoms with Crippen molar-refractivity contribution < 1.29 is 29.0 Å². The van der Waals surface area contributed by atoms with Crippen molar-refractivity contribution in [2.75, 3.05) is 26.3 Å². The number of benzene rings is 1. The second kappa shape index (κ2) is 12.0. The van der Waals surface area contributed by atoms with Gasteiger partial charge in [0.2, 0.25) is 11.8 Å². The summed E-state index contributed by atoms with van der Waals surface area (Å²) in [5, 5.41) is 10.6. The zero-order valence-electron chi connectivity index (χ0n) is 23.2. The van der Waals surface area contributed by atoms with Crippen molar-refractivity contribution in [3.05, 3.63) is 61.2 Å². The van der Waals surface area contributed by atoms with Crippen LogP contribution < -0.4 is 0 Å². The predicted molar refractivity (Wildman–Crippen MR) is 147 cm³/mol. The third-order valence-electron chi connectivity index (χ3n) is 8.65. The van der Waals surface area contributed by atoms with Crippen LogP contribution in [0.3, 0.4) is 0 Å². The van der Waals surface area contributed by atoms with E-state index in [4.69, 9.17) is 9.47 Å². The first-order valence-corrected chi connectivity index (χ1v) is 14.1. The highest BCUT2D eigenvalue weighted by atomic mass is 16.6. The molecular formula is C31H42N2O6. The molecule has 39 heavy (non-hydrogen) atoms. The molecule has 1 aromatic rings. The summed E-state index contributed by atoms with van der Waals surface area (Å²) in [5.74, 6) is -2.79. The van der Waals surface area contributed by atoms with Crippen molar-refractivity contribution in [1.29, 1.82) is 0 Å². The van der Waals surface area contributed by atoms with Crippen LogP contribution in [0.2, 0.25) is 0 Å². The van der Waals surface area contributed by atoms with Gasteiger partial charge in [0, 0.05) is 13.1 Å². The predicted octanol–water partition coefficient (Wildman–Crippen LogP) is 3.81. The van der Waals surface area contributed by atoms with Gasteiger partial charge in [-0.05, 0) is 38.2 Å². The van der Waals surface area contributed by atoms with Crippen molar-refractivity contribution in [2.45, 2.75) is 75.7 Å². The number of esters is 1. The molecule has 0 radical (unpaired) electrons. The Morgan fingerprint density at radius 2 is 1.97 bits per heavy atom. The lowest BCUT2D eigenvalue weighted by atomic mass is 9.66. The minimum Gasteiger partial charge on any atom is -0.465 e.